The molecule has 0 spiro atoms. The first kappa shape index (κ1) is 25.1. The van der Waals surface area contributed by atoms with Crippen molar-refractivity contribution in [1.29, 1.82) is 0 Å². The van der Waals surface area contributed by atoms with Gasteiger partial charge in [0.05, 0.1) is 17.2 Å². The molecule has 0 heterocycles. The van der Waals surface area contributed by atoms with Gasteiger partial charge in [0.2, 0.25) is 5.91 Å². The van der Waals surface area contributed by atoms with Crippen LogP contribution in [0.5, 0.6) is 5.75 Å². The average molecular weight is 482 g/mol. The van der Waals surface area contributed by atoms with Gasteiger partial charge in [-0.25, -0.2) is 8.42 Å². The van der Waals surface area contributed by atoms with Gasteiger partial charge in [0, 0.05) is 25.8 Å². The van der Waals surface area contributed by atoms with Gasteiger partial charge in [-0.3, -0.25) is 9.10 Å². The minimum Gasteiger partial charge on any atom is -0.494 e. The predicted octanol–water partition coefficient (Wildman–Crippen LogP) is 3.84. The van der Waals surface area contributed by atoms with E-state index in [2.05, 4.69) is 5.32 Å². The van der Waals surface area contributed by atoms with Gasteiger partial charge >= 0.3 is 0 Å². The van der Waals surface area contributed by atoms with Crippen molar-refractivity contribution in [3.05, 3.63) is 84.4 Å². The first-order valence-electron chi connectivity index (χ1n) is 11.2. The molecule has 34 heavy (non-hydrogen) atoms. The summed E-state index contributed by atoms with van der Waals surface area (Å²) in [6.07, 6.45) is 0. The zero-order valence-corrected chi connectivity index (χ0v) is 20.6. The van der Waals surface area contributed by atoms with E-state index >= 15 is 0 Å². The maximum atomic E-state index is 13.5. The lowest BCUT2D eigenvalue weighted by Gasteiger charge is -2.25. The van der Waals surface area contributed by atoms with E-state index in [9.17, 15) is 13.2 Å². The van der Waals surface area contributed by atoms with Crippen LogP contribution in [0.3, 0.4) is 0 Å². The van der Waals surface area contributed by atoms with Crippen LogP contribution in [0.2, 0.25) is 0 Å². The Morgan fingerprint density at radius 3 is 2.18 bits per heavy atom. The SMILES string of the molecule is CCOc1ccc(S(=O)(=O)N(CC(=O)NCCN(C)c2ccccc2)c2ccc(C)cc2)cc1. The fourth-order valence-corrected chi connectivity index (χ4v) is 4.81. The predicted molar refractivity (Wildman–Crippen MR) is 136 cm³/mol. The van der Waals surface area contributed by atoms with Crippen LogP contribution in [-0.4, -0.2) is 47.6 Å². The van der Waals surface area contributed by atoms with Crippen LogP contribution in [0.15, 0.2) is 83.8 Å². The first-order valence-corrected chi connectivity index (χ1v) is 12.6. The molecule has 0 aliphatic rings. The molecule has 0 atom stereocenters. The van der Waals surface area contributed by atoms with Crippen LogP contribution in [0.25, 0.3) is 0 Å². The molecule has 0 aliphatic heterocycles. The highest BCUT2D eigenvalue weighted by atomic mass is 32.2. The Labute approximate surface area is 202 Å². The minimum atomic E-state index is -3.97. The molecule has 0 unspecified atom stereocenters. The van der Waals surface area contributed by atoms with Crippen molar-refractivity contribution in [3.63, 3.8) is 0 Å². The van der Waals surface area contributed by atoms with E-state index in [4.69, 9.17) is 4.74 Å². The Kier molecular flexibility index (Phi) is 8.54. The molecule has 1 amide bonds. The summed E-state index contributed by atoms with van der Waals surface area (Å²) in [6.45, 7) is 4.92. The number of hydrogen-bond acceptors (Lipinski definition) is 5. The van der Waals surface area contributed by atoms with Crippen LogP contribution in [0.1, 0.15) is 12.5 Å². The van der Waals surface area contributed by atoms with Gasteiger partial charge in [0.15, 0.2) is 0 Å². The quantitative estimate of drug-likeness (QED) is 0.450. The summed E-state index contributed by atoms with van der Waals surface area (Å²) in [4.78, 5) is 14.9. The number of sulfonamides is 1. The molecule has 3 aromatic rings. The van der Waals surface area contributed by atoms with Crippen molar-refractivity contribution in [2.45, 2.75) is 18.7 Å². The second kappa shape index (κ2) is 11.6. The van der Waals surface area contributed by atoms with Gasteiger partial charge in [0.25, 0.3) is 10.0 Å². The van der Waals surface area contributed by atoms with Crippen molar-refractivity contribution in [1.82, 2.24) is 5.32 Å². The molecule has 8 heteroatoms. The molecular weight excluding hydrogens is 450 g/mol. The number of para-hydroxylation sites is 1. The molecule has 0 bridgehead atoms. The molecule has 0 aliphatic carbocycles. The van der Waals surface area contributed by atoms with Crippen molar-refractivity contribution in [2.75, 3.05) is 42.5 Å². The molecular formula is C26H31N3O4S. The van der Waals surface area contributed by atoms with Crippen LogP contribution in [-0.2, 0) is 14.8 Å². The summed E-state index contributed by atoms with van der Waals surface area (Å²) in [7, 11) is -2.03. The fraction of sp³-hybridized carbons (Fsp3) is 0.269. The lowest BCUT2D eigenvalue weighted by atomic mass is 10.2. The largest absolute Gasteiger partial charge is 0.494 e. The molecule has 7 nitrogen and oxygen atoms in total. The van der Waals surface area contributed by atoms with E-state index in [1.807, 2.05) is 68.3 Å². The Balaban J connectivity index is 1.74. The average Bonchev–Trinajstić information content (AvgIpc) is 2.84. The zero-order valence-electron chi connectivity index (χ0n) is 19.8. The smallest absolute Gasteiger partial charge is 0.264 e. The number of carbonyl (C=O) groups excluding carboxylic acids is 1. The summed E-state index contributed by atoms with van der Waals surface area (Å²) in [6, 6.07) is 23.1. The van der Waals surface area contributed by atoms with Gasteiger partial charge in [-0.1, -0.05) is 35.9 Å². The Bertz CT molecular complexity index is 1160. The Hall–Kier alpha value is -3.52. The normalized spacial score (nSPS) is 11.0. The molecule has 0 saturated carbocycles. The van der Waals surface area contributed by atoms with Gasteiger partial charge in [-0.05, 0) is 62.4 Å². The third kappa shape index (κ3) is 6.51. The van der Waals surface area contributed by atoms with E-state index < -0.39 is 10.0 Å². The number of rotatable bonds is 11. The van der Waals surface area contributed by atoms with Gasteiger partial charge in [-0.2, -0.15) is 0 Å². The number of carbonyl (C=O) groups is 1. The summed E-state index contributed by atoms with van der Waals surface area (Å²) >= 11 is 0. The monoisotopic (exact) mass is 481 g/mol. The molecule has 0 fully saturated rings. The van der Waals surface area contributed by atoms with E-state index in [1.165, 1.54) is 12.1 Å². The van der Waals surface area contributed by atoms with Gasteiger partial charge < -0.3 is 15.0 Å². The third-order valence-corrected chi connectivity index (χ3v) is 7.09. The first-order chi connectivity index (χ1) is 16.3. The maximum Gasteiger partial charge on any atom is 0.264 e. The topological polar surface area (TPSA) is 79.0 Å². The van der Waals surface area contributed by atoms with E-state index in [0.717, 1.165) is 15.6 Å². The van der Waals surface area contributed by atoms with Crippen LogP contribution >= 0.6 is 0 Å². The molecule has 180 valence electrons. The molecule has 0 saturated heterocycles. The fourth-order valence-electron chi connectivity index (χ4n) is 3.39. The number of nitrogens with one attached hydrogen (secondary N) is 1. The van der Waals surface area contributed by atoms with Crippen LogP contribution in [0.4, 0.5) is 11.4 Å². The number of ether oxygens (including phenoxy) is 1. The number of amides is 1. The second-order valence-electron chi connectivity index (χ2n) is 7.86. The summed E-state index contributed by atoms with van der Waals surface area (Å²) in [5.41, 5.74) is 2.46. The summed E-state index contributed by atoms with van der Waals surface area (Å²) < 4.78 is 33.5. The van der Waals surface area contributed by atoms with Crippen molar-refractivity contribution < 1.29 is 17.9 Å². The second-order valence-corrected chi connectivity index (χ2v) is 9.72. The third-order valence-electron chi connectivity index (χ3n) is 5.30. The standard InChI is InChI=1S/C26H31N3O4S/c1-4-33-24-14-16-25(17-15-24)34(31,32)29(23-12-10-21(2)11-13-23)20-26(30)27-18-19-28(3)22-8-6-5-7-9-22/h5-17H,4,18-20H2,1-3H3,(H,27,30). The summed E-state index contributed by atoms with van der Waals surface area (Å²) in [5.74, 6) is 0.208. The van der Waals surface area contributed by atoms with Gasteiger partial charge in [0.1, 0.15) is 12.3 Å². The molecule has 0 aromatic heterocycles. The molecule has 0 radical (unpaired) electrons. The number of benzene rings is 3. The van der Waals surface area contributed by atoms with E-state index in [-0.39, 0.29) is 17.3 Å². The van der Waals surface area contributed by atoms with Crippen molar-refractivity contribution in [2.24, 2.45) is 0 Å². The Morgan fingerprint density at radius 2 is 1.56 bits per heavy atom. The number of anilines is 2. The molecule has 3 aromatic carbocycles. The number of hydrogen-bond donors (Lipinski definition) is 1. The van der Waals surface area contributed by atoms with Crippen LogP contribution < -0.4 is 19.3 Å². The highest BCUT2D eigenvalue weighted by Gasteiger charge is 2.27. The molecule has 1 N–H and O–H groups in total. The number of likely N-dealkylation sites (N-methyl/N-ethyl adjacent to an activating group) is 1. The van der Waals surface area contributed by atoms with Gasteiger partial charge in [-0.15, -0.1) is 0 Å². The number of aryl methyl sites for hydroxylation is 1. The van der Waals surface area contributed by atoms with E-state index in [0.29, 0.717) is 31.1 Å². The van der Waals surface area contributed by atoms with Crippen LogP contribution in [0, 0.1) is 6.92 Å². The van der Waals surface area contributed by atoms with Crippen molar-refractivity contribution >= 4 is 27.3 Å². The number of nitrogens with zero attached hydrogens (tertiary/aromatic N) is 2. The zero-order chi connectivity index (χ0) is 24.6. The highest BCUT2D eigenvalue weighted by Crippen LogP contribution is 2.25. The van der Waals surface area contributed by atoms with Crippen molar-refractivity contribution in [3.8, 4) is 5.75 Å². The minimum absolute atomic E-state index is 0.0909. The maximum absolute atomic E-state index is 13.5. The Morgan fingerprint density at radius 1 is 0.912 bits per heavy atom. The summed E-state index contributed by atoms with van der Waals surface area (Å²) in [5, 5.41) is 2.84. The van der Waals surface area contributed by atoms with E-state index in [1.54, 1.807) is 24.3 Å². The highest BCUT2D eigenvalue weighted by molar-refractivity contribution is 7.92. The molecule has 3 rings (SSSR count). The lowest BCUT2D eigenvalue weighted by molar-refractivity contribution is -0.119. The lowest BCUT2D eigenvalue weighted by Crippen LogP contribution is -2.42.